The third-order valence-corrected chi connectivity index (χ3v) is 5.10. The molecule has 1 amide bonds. The summed E-state index contributed by atoms with van der Waals surface area (Å²) in [7, 11) is -4.17. The number of benzene rings is 1. The van der Waals surface area contributed by atoms with Crippen molar-refractivity contribution >= 4 is 21.6 Å². The zero-order chi connectivity index (χ0) is 15.1. The van der Waals surface area contributed by atoms with Crippen LogP contribution in [0, 0.1) is 17.6 Å². The maximum atomic E-state index is 13.6. The van der Waals surface area contributed by atoms with E-state index < -0.39 is 44.1 Å². The highest BCUT2D eigenvalue weighted by molar-refractivity contribution is 7.89. The smallest absolute Gasteiger partial charge is 0.246 e. The lowest BCUT2D eigenvalue weighted by molar-refractivity contribution is -0.121. The van der Waals surface area contributed by atoms with Gasteiger partial charge >= 0.3 is 0 Å². The molecule has 6 nitrogen and oxygen atoms in total. The van der Waals surface area contributed by atoms with Crippen LogP contribution in [0.3, 0.4) is 0 Å². The van der Waals surface area contributed by atoms with Crippen LogP contribution in [-0.4, -0.2) is 31.7 Å². The van der Waals surface area contributed by atoms with Gasteiger partial charge in [0.05, 0.1) is 11.6 Å². The van der Waals surface area contributed by atoms with Gasteiger partial charge in [0.1, 0.15) is 16.5 Å². The van der Waals surface area contributed by atoms with Crippen molar-refractivity contribution in [1.82, 2.24) is 4.31 Å². The van der Waals surface area contributed by atoms with Crippen LogP contribution in [-0.2, 0) is 14.8 Å². The maximum absolute atomic E-state index is 13.6. The minimum absolute atomic E-state index is 0.0483. The Hall–Kier alpha value is -1.74. The highest BCUT2D eigenvalue weighted by Crippen LogP contribution is 2.28. The van der Waals surface area contributed by atoms with Crippen molar-refractivity contribution in [3.63, 3.8) is 0 Å². The van der Waals surface area contributed by atoms with Gasteiger partial charge in [0, 0.05) is 19.2 Å². The minimum Gasteiger partial charge on any atom is -0.396 e. The van der Waals surface area contributed by atoms with Crippen LogP contribution in [0.1, 0.15) is 6.42 Å². The third-order valence-electron chi connectivity index (χ3n) is 3.22. The second kappa shape index (κ2) is 4.98. The van der Waals surface area contributed by atoms with Crippen molar-refractivity contribution in [3.8, 4) is 0 Å². The SMILES string of the molecule is NC(=O)C1CCN(S(=O)(=O)c2cc(N)c(F)cc2F)C1. The number of hydrogen-bond donors (Lipinski definition) is 2. The van der Waals surface area contributed by atoms with Gasteiger partial charge in [-0.3, -0.25) is 4.79 Å². The molecule has 0 bridgehead atoms. The molecule has 1 aromatic rings. The predicted molar refractivity (Wildman–Crippen MR) is 66.8 cm³/mol. The number of primary amides is 1. The first-order chi connectivity index (χ1) is 9.23. The average Bonchev–Trinajstić information content (AvgIpc) is 2.83. The van der Waals surface area contributed by atoms with Crippen LogP contribution in [0.4, 0.5) is 14.5 Å². The van der Waals surface area contributed by atoms with Gasteiger partial charge in [-0.15, -0.1) is 0 Å². The summed E-state index contributed by atoms with van der Waals surface area (Å²) < 4.78 is 52.1. The van der Waals surface area contributed by atoms with E-state index in [1.807, 2.05) is 0 Å². The first-order valence-electron chi connectivity index (χ1n) is 5.77. The standard InChI is InChI=1S/C11H13F2N3O3S/c12-7-3-8(13)10(4-9(7)14)20(18,19)16-2-1-6(5-16)11(15)17/h3-4,6H,1-2,5,14H2,(H2,15,17). The Morgan fingerprint density at radius 3 is 2.50 bits per heavy atom. The number of halogens is 2. The molecule has 1 aliphatic rings. The third kappa shape index (κ3) is 2.46. The van der Waals surface area contributed by atoms with E-state index in [1.165, 1.54) is 0 Å². The number of nitrogen functional groups attached to an aromatic ring is 1. The van der Waals surface area contributed by atoms with Crippen LogP contribution in [0.5, 0.6) is 0 Å². The Morgan fingerprint density at radius 1 is 1.30 bits per heavy atom. The van der Waals surface area contributed by atoms with E-state index >= 15 is 0 Å². The van der Waals surface area contributed by atoms with Gasteiger partial charge in [0.25, 0.3) is 0 Å². The Bertz CT molecular complexity index is 663. The molecule has 1 saturated heterocycles. The number of carbonyl (C=O) groups excluding carboxylic acids is 1. The molecule has 0 spiro atoms. The quantitative estimate of drug-likeness (QED) is 0.769. The Labute approximate surface area is 114 Å². The molecule has 2 rings (SSSR count). The lowest BCUT2D eigenvalue weighted by Crippen LogP contribution is -2.32. The largest absolute Gasteiger partial charge is 0.396 e. The maximum Gasteiger partial charge on any atom is 0.246 e. The Balaban J connectivity index is 2.37. The summed E-state index contributed by atoms with van der Waals surface area (Å²) in [6, 6.07) is 1.15. The molecule has 1 aromatic carbocycles. The fraction of sp³-hybridized carbons (Fsp3) is 0.364. The van der Waals surface area contributed by atoms with Gasteiger partial charge in [-0.25, -0.2) is 17.2 Å². The van der Waals surface area contributed by atoms with Crippen LogP contribution < -0.4 is 11.5 Å². The monoisotopic (exact) mass is 305 g/mol. The predicted octanol–water partition coefficient (Wildman–Crippen LogP) is 0.0429. The molecular formula is C11H13F2N3O3S. The summed E-state index contributed by atoms with van der Waals surface area (Å²) in [5.74, 6) is -3.47. The number of sulfonamides is 1. The van der Waals surface area contributed by atoms with E-state index in [9.17, 15) is 22.0 Å². The number of rotatable bonds is 3. The van der Waals surface area contributed by atoms with Gasteiger partial charge in [-0.1, -0.05) is 0 Å². The number of hydrogen-bond acceptors (Lipinski definition) is 4. The molecule has 4 N–H and O–H groups in total. The molecule has 0 radical (unpaired) electrons. The average molecular weight is 305 g/mol. The zero-order valence-electron chi connectivity index (χ0n) is 10.3. The summed E-state index contributed by atoms with van der Waals surface area (Å²) in [6.07, 6.45) is 0.271. The van der Waals surface area contributed by atoms with E-state index in [0.717, 1.165) is 10.4 Å². The number of nitrogens with zero attached hydrogens (tertiary/aromatic N) is 1. The molecule has 0 aliphatic carbocycles. The van der Waals surface area contributed by atoms with Crippen molar-refractivity contribution in [3.05, 3.63) is 23.8 Å². The van der Waals surface area contributed by atoms with Crippen LogP contribution in [0.15, 0.2) is 17.0 Å². The molecular weight excluding hydrogens is 292 g/mol. The zero-order valence-corrected chi connectivity index (χ0v) is 11.2. The summed E-state index contributed by atoms with van der Waals surface area (Å²) in [6.45, 7) is -0.0684. The number of carbonyl (C=O) groups is 1. The Kier molecular flexibility index (Phi) is 3.65. The molecule has 0 aromatic heterocycles. The summed E-state index contributed by atoms with van der Waals surface area (Å²) in [5.41, 5.74) is 9.91. The van der Waals surface area contributed by atoms with E-state index in [1.54, 1.807) is 0 Å². The molecule has 110 valence electrons. The lowest BCUT2D eigenvalue weighted by atomic mass is 10.1. The van der Waals surface area contributed by atoms with E-state index in [4.69, 9.17) is 11.5 Å². The second-order valence-electron chi connectivity index (χ2n) is 4.56. The van der Waals surface area contributed by atoms with Crippen molar-refractivity contribution in [2.75, 3.05) is 18.8 Å². The van der Waals surface area contributed by atoms with Gasteiger partial charge in [0.2, 0.25) is 15.9 Å². The molecule has 1 heterocycles. The van der Waals surface area contributed by atoms with Crippen LogP contribution >= 0.6 is 0 Å². The van der Waals surface area contributed by atoms with Crippen molar-refractivity contribution in [2.24, 2.45) is 11.7 Å². The molecule has 9 heteroatoms. The molecule has 1 aliphatic heterocycles. The first-order valence-corrected chi connectivity index (χ1v) is 7.21. The minimum atomic E-state index is -4.17. The molecule has 1 unspecified atom stereocenters. The Morgan fingerprint density at radius 2 is 1.95 bits per heavy atom. The highest BCUT2D eigenvalue weighted by Gasteiger charge is 2.36. The normalized spacial score (nSPS) is 20.2. The topological polar surface area (TPSA) is 106 Å². The van der Waals surface area contributed by atoms with Gasteiger partial charge in [-0.05, 0) is 12.5 Å². The lowest BCUT2D eigenvalue weighted by Gasteiger charge is -2.17. The molecule has 1 fully saturated rings. The number of amides is 1. The summed E-state index contributed by atoms with van der Waals surface area (Å²) in [5, 5.41) is 0. The fourth-order valence-electron chi connectivity index (χ4n) is 2.06. The first kappa shape index (κ1) is 14.7. The van der Waals surface area contributed by atoms with E-state index in [0.29, 0.717) is 6.07 Å². The molecule has 1 atom stereocenters. The van der Waals surface area contributed by atoms with Gasteiger partial charge in [-0.2, -0.15) is 4.31 Å². The molecule has 0 saturated carbocycles. The summed E-state index contributed by atoms with van der Waals surface area (Å²) >= 11 is 0. The van der Waals surface area contributed by atoms with Crippen LogP contribution in [0.2, 0.25) is 0 Å². The second-order valence-corrected chi connectivity index (χ2v) is 6.46. The number of nitrogens with two attached hydrogens (primary N) is 2. The highest BCUT2D eigenvalue weighted by atomic mass is 32.2. The van der Waals surface area contributed by atoms with Gasteiger partial charge < -0.3 is 11.5 Å². The fourth-order valence-corrected chi connectivity index (χ4v) is 3.64. The van der Waals surface area contributed by atoms with E-state index in [-0.39, 0.29) is 19.5 Å². The van der Waals surface area contributed by atoms with Crippen molar-refractivity contribution < 1.29 is 22.0 Å². The van der Waals surface area contributed by atoms with Crippen LogP contribution in [0.25, 0.3) is 0 Å². The van der Waals surface area contributed by atoms with Crippen molar-refractivity contribution in [1.29, 1.82) is 0 Å². The summed E-state index contributed by atoms with van der Waals surface area (Å²) in [4.78, 5) is 10.3. The van der Waals surface area contributed by atoms with Crippen molar-refractivity contribution in [2.45, 2.75) is 11.3 Å². The number of anilines is 1. The van der Waals surface area contributed by atoms with Gasteiger partial charge in [0.15, 0.2) is 0 Å². The van der Waals surface area contributed by atoms with E-state index in [2.05, 4.69) is 0 Å². The molecule has 20 heavy (non-hydrogen) atoms.